The number of likely N-dealkylation sites (tertiary alicyclic amines) is 1. The van der Waals surface area contributed by atoms with Gasteiger partial charge in [0.1, 0.15) is 0 Å². The largest absolute Gasteiger partial charge is 0.397 e. The van der Waals surface area contributed by atoms with Gasteiger partial charge in [0.15, 0.2) is 0 Å². The second kappa shape index (κ2) is 6.80. The number of nitrogens with zero attached hydrogens (tertiary/aromatic N) is 2. The molecule has 0 saturated carbocycles. The maximum atomic E-state index is 12.0. The molecule has 1 aromatic carbocycles. The predicted molar refractivity (Wildman–Crippen MR) is 87.6 cm³/mol. The van der Waals surface area contributed by atoms with Gasteiger partial charge in [0, 0.05) is 32.2 Å². The summed E-state index contributed by atoms with van der Waals surface area (Å²) in [6.45, 7) is 5.42. The minimum Gasteiger partial charge on any atom is -0.397 e. The van der Waals surface area contributed by atoms with Gasteiger partial charge in [-0.2, -0.15) is 0 Å². The van der Waals surface area contributed by atoms with Crippen LogP contribution in [0.3, 0.4) is 0 Å². The molecule has 1 fully saturated rings. The number of hydrogen-bond donors (Lipinski definition) is 2. The molecule has 3 N–H and O–H groups in total. The van der Waals surface area contributed by atoms with Crippen molar-refractivity contribution in [2.75, 3.05) is 44.8 Å². The SMILES string of the molecule is CC(CNc1cc(C(=O)N(C)C)ccc1N)N1CCCC1. The van der Waals surface area contributed by atoms with Crippen molar-refractivity contribution in [3.8, 4) is 0 Å². The van der Waals surface area contributed by atoms with Crippen molar-refractivity contribution in [3.05, 3.63) is 23.8 Å². The van der Waals surface area contributed by atoms with E-state index < -0.39 is 0 Å². The molecule has 1 heterocycles. The molecule has 1 aromatic rings. The molecular weight excluding hydrogens is 264 g/mol. The molecule has 2 rings (SSSR count). The molecule has 1 aliphatic heterocycles. The van der Waals surface area contributed by atoms with Crippen LogP contribution in [0.25, 0.3) is 0 Å². The van der Waals surface area contributed by atoms with Crippen LogP contribution in [0.2, 0.25) is 0 Å². The molecule has 1 aliphatic rings. The predicted octanol–water partition coefficient (Wildman–Crippen LogP) is 1.87. The van der Waals surface area contributed by atoms with Crippen LogP contribution in [0.15, 0.2) is 18.2 Å². The number of nitrogens with two attached hydrogens (primary N) is 1. The van der Waals surface area contributed by atoms with Gasteiger partial charge < -0.3 is 16.0 Å². The van der Waals surface area contributed by atoms with Gasteiger partial charge in [-0.1, -0.05) is 0 Å². The number of anilines is 2. The fourth-order valence-corrected chi connectivity index (χ4v) is 2.67. The van der Waals surface area contributed by atoms with Crippen LogP contribution in [-0.2, 0) is 0 Å². The average molecular weight is 290 g/mol. The lowest BCUT2D eigenvalue weighted by Crippen LogP contribution is -2.35. The minimum absolute atomic E-state index is 0.00867. The molecule has 0 radical (unpaired) electrons. The topological polar surface area (TPSA) is 61.6 Å². The molecule has 0 aliphatic carbocycles. The van der Waals surface area contributed by atoms with Crippen LogP contribution < -0.4 is 11.1 Å². The van der Waals surface area contributed by atoms with Crippen LogP contribution in [0, 0.1) is 0 Å². The smallest absolute Gasteiger partial charge is 0.253 e. The first-order valence-electron chi connectivity index (χ1n) is 7.58. The normalized spacial score (nSPS) is 16.7. The number of nitrogen functional groups attached to an aromatic ring is 1. The number of hydrogen-bond acceptors (Lipinski definition) is 4. The van der Waals surface area contributed by atoms with E-state index in [2.05, 4.69) is 17.1 Å². The summed E-state index contributed by atoms with van der Waals surface area (Å²) in [7, 11) is 3.50. The van der Waals surface area contributed by atoms with Crippen molar-refractivity contribution in [1.82, 2.24) is 9.80 Å². The highest BCUT2D eigenvalue weighted by Gasteiger charge is 2.18. The summed E-state index contributed by atoms with van der Waals surface area (Å²) in [5.41, 5.74) is 8.18. The molecule has 0 bridgehead atoms. The molecule has 1 unspecified atom stereocenters. The van der Waals surface area contributed by atoms with E-state index in [0.717, 1.165) is 12.2 Å². The van der Waals surface area contributed by atoms with Gasteiger partial charge in [-0.3, -0.25) is 9.69 Å². The Morgan fingerprint density at radius 3 is 2.67 bits per heavy atom. The molecule has 5 heteroatoms. The summed E-state index contributed by atoms with van der Waals surface area (Å²) in [6, 6.07) is 5.88. The van der Waals surface area contributed by atoms with Gasteiger partial charge in [-0.25, -0.2) is 0 Å². The standard InChI is InChI=1S/C16H26N4O/c1-12(20-8-4-5-9-20)11-18-15-10-13(6-7-14(15)17)16(21)19(2)3/h6-7,10,12,18H,4-5,8-9,11,17H2,1-3H3. The molecule has 5 nitrogen and oxygen atoms in total. The van der Waals surface area contributed by atoms with E-state index in [4.69, 9.17) is 5.73 Å². The first kappa shape index (κ1) is 15.6. The van der Waals surface area contributed by atoms with Crippen molar-refractivity contribution in [3.63, 3.8) is 0 Å². The van der Waals surface area contributed by atoms with Crippen molar-refractivity contribution in [2.24, 2.45) is 0 Å². The van der Waals surface area contributed by atoms with Crippen LogP contribution in [0.1, 0.15) is 30.1 Å². The first-order valence-corrected chi connectivity index (χ1v) is 7.58. The fraction of sp³-hybridized carbons (Fsp3) is 0.562. The fourth-order valence-electron chi connectivity index (χ4n) is 2.67. The summed E-state index contributed by atoms with van der Waals surface area (Å²) in [4.78, 5) is 16.1. The number of benzene rings is 1. The first-order chi connectivity index (χ1) is 9.99. The summed E-state index contributed by atoms with van der Waals surface area (Å²) >= 11 is 0. The van der Waals surface area contributed by atoms with Crippen molar-refractivity contribution in [1.29, 1.82) is 0 Å². The van der Waals surface area contributed by atoms with Gasteiger partial charge >= 0.3 is 0 Å². The van der Waals surface area contributed by atoms with E-state index in [1.54, 1.807) is 31.1 Å². The van der Waals surface area contributed by atoms with Gasteiger partial charge in [0.2, 0.25) is 0 Å². The van der Waals surface area contributed by atoms with E-state index in [0.29, 0.717) is 17.3 Å². The molecule has 1 atom stereocenters. The molecule has 0 aromatic heterocycles. The quantitative estimate of drug-likeness (QED) is 0.813. The maximum Gasteiger partial charge on any atom is 0.253 e. The number of carbonyl (C=O) groups is 1. The number of carbonyl (C=O) groups excluding carboxylic acids is 1. The molecular formula is C16H26N4O. The van der Waals surface area contributed by atoms with Gasteiger partial charge in [0.05, 0.1) is 11.4 Å². The molecule has 116 valence electrons. The summed E-state index contributed by atoms with van der Waals surface area (Å²) in [6.07, 6.45) is 2.58. The Morgan fingerprint density at radius 2 is 2.05 bits per heavy atom. The van der Waals surface area contributed by atoms with Gasteiger partial charge in [0.25, 0.3) is 5.91 Å². The van der Waals surface area contributed by atoms with E-state index in [1.807, 2.05) is 6.07 Å². The number of amides is 1. The third-order valence-electron chi connectivity index (χ3n) is 4.06. The Morgan fingerprint density at radius 1 is 1.38 bits per heavy atom. The second-order valence-corrected chi connectivity index (χ2v) is 5.97. The van der Waals surface area contributed by atoms with E-state index in [1.165, 1.54) is 25.9 Å². The highest BCUT2D eigenvalue weighted by atomic mass is 16.2. The van der Waals surface area contributed by atoms with E-state index in [9.17, 15) is 4.79 Å². The van der Waals surface area contributed by atoms with E-state index in [-0.39, 0.29) is 5.91 Å². The zero-order valence-electron chi connectivity index (χ0n) is 13.2. The molecule has 0 spiro atoms. The Labute approximate surface area is 127 Å². The van der Waals surface area contributed by atoms with E-state index >= 15 is 0 Å². The number of nitrogens with one attached hydrogen (secondary N) is 1. The minimum atomic E-state index is -0.00867. The Hall–Kier alpha value is -1.75. The van der Waals surface area contributed by atoms with Crippen LogP contribution >= 0.6 is 0 Å². The summed E-state index contributed by atoms with van der Waals surface area (Å²) in [5, 5.41) is 3.39. The summed E-state index contributed by atoms with van der Waals surface area (Å²) < 4.78 is 0. The van der Waals surface area contributed by atoms with Crippen LogP contribution in [0.5, 0.6) is 0 Å². The third kappa shape index (κ3) is 3.88. The molecule has 21 heavy (non-hydrogen) atoms. The van der Waals surface area contributed by atoms with Gasteiger partial charge in [-0.05, 0) is 51.1 Å². The second-order valence-electron chi connectivity index (χ2n) is 5.97. The van der Waals surface area contributed by atoms with Crippen LogP contribution in [0.4, 0.5) is 11.4 Å². The van der Waals surface area contributed by atoms with Gasteiger partial charge in [-0.15, -0.1) is 0 Å². The average Bonchev–Trinajstić information content (AvgIpc) is 2.99. The zero-order chi connectivity index (χ0) is 15.4. The van der Waals surface area contributed by atoms with Crippen molar-refractivity contribution < 1.29 is 4.79 Å². The van der Waals surface area contributed by atoms with Crippen molar-refractivity contribution >= 4 is 17.3 Å². The highest BCUT2D eigenvalue weighted by Crippen LogP contribution is 2.21. The highest BCUT2D eigenvalue weighted by molar-refractivity contribution is 5.95. The van der Waals surface area contributed by atoms with Crippen molar-refractivity contribution in [2.45, 2.75) is 25.8 Å². The Bertz CT molecular complexity index is 495. The lowest BCUT2D eigenvalue weighted by Gasteiger charge is -2.24. The summed E-state index contributed by atoms with van der Waals surface area (Å²) in [5.74, 6) is -0.00867. The lowest BCUT2D eigenvalue weighted by molar-refractivity contribution is 0.0827. The number of rotatable bonds is 5. The zero-order valence-corrected chi connectivity index (χ0v) is 13.2. The maximum absolute atomic E-state index is 12.0. The lowest BCUT2D eigenvalue weighted by atomic mass is 10.1. The molecule has 1 saturated heterocycles. The Balaban J connectivity index is 2.01. The molecule has 1 amide bonds. The monoisotopic (exact) mass is 290 g/mol. The Kier molecular flexibility index (Phi) is 5.07. The third-order valence-corrected chi connectivity index (χ3v) is 4.06. The van der Waals surface area contributed by atoms with Crippen LogP contribution in [-0.4, -0.2) is 55.5 Å².